The van der Waals surface area contributed by atoms with Crippen LogP contribution in [0.3, 0.4) is 0 Å². The van der Waals surface area contributed by atoms with Crippen molar-refractivity contribution < 1.29 is 28.6 Å². The molecule has 10 heteroatoms. The Kier molecular flexibility index (Phi) is 7.79. The van der Waals surface area contributed by atoms with E-state index in [9.17, 15) is 14.4 Å². The van der Waals surface area contributed by atoms with Crippen LogP contribution in [0.15, 0.2) is 18.2 Å². The van der Waals surface area contributed by atoms with Gasteiger partial charge in [0.25, 0.3) is 5.91 Å². The number of esters is 1. The fourth-order valence-corrected chi connectivity index (χ4v) is 5.93. The average Bonchev–Trinajstić information content (AvgIpc) is 3.07. The van der Waals surface area contributed by atoms with E-state index in [4.69, 9.17) is 14.2 Å². The lowest BCUT2D eigenvalue weighted by Gasteiger charge is -2.44. The number of β-lactam (4-membered cyclic amide) rings is 1. The second-order valence-corrected chi connectivity index (χ2v) is 10.2. The van der Waals surface area contributed by atoms with Crippen LogP contribution in [0.25, 0.3) is 0 Å². The summed E-state index contributed by atoms with van der Waals surface area (Å²) in [6, 6.07) is 3.58. The first-order valence-corrected chi connectivity index (χ1v) is 12.0. The van der Waals surface area contributed by atoms with E-state index in [1.165, 1.54) is 30.9 Å². The van der Waals surface area contributed by atoms with Gasteiger partial charge in [0.2, 0.25) is 5.91 Å². The maximum atomic E-state index is 13.0. The Hall–Kier alpha value is -2.46. The fraction of sp³-hybridized carbons (Fsp3) is 0.609. The molecule has 33 heavy (non-hydrogen) atoms. The molecular weight excluding hydrogens is 446 g/mol. The summed E-state index contributed by atoms with van der Waals surface area (Å²) in [5.41, 5.74) is 0.225. The molecule has 3 atom stereocenters. The first-order valence-electron chi connectivity index (χ1n) is 11.1. The van der Waals surface area contributed by atoms with Crippen LogP contribution in [-0.2, 0) is 14.3 Å². The highest BCUT2D eigenvalue weighted by Gasteiger charge is 2.64. The largest absolute Gasteiger partial charge is 0.496 e. The van der Waals surface area contributed by atoms with Gasteiger partial charge in [-0.1, -0.05) is 19.9 Å². The molecule has 0 saturated carbocycles. The summed E-state index contributed by atoms with van der Waals surface area (Å²) in [5, 5.41) is 2.45. The van der Waals surface area contributed by atoms with Gasteiger partial charge in [0.15, 0.2) is 0 Å². The van der Waals surface area contributed by atoms with Gasteiger partial charge in [0, 0.05) is 11.3 Å². The minimum atomic E-state index is -0.745. The van der Waals surface area contributed by atoms with Gasteiger partial charge in [-0.05, 0) is 39.1 Å². The van der Waals surface area contributed by atoms with Gasteiger partial charge in [-0.2, -0.15) is 0 Å². The maximum Gasteiger partial charge on any atom is 0.330 e. The Bertz CT molecular complexity index is 882. The van der Waals surface area contributed by atoms with Crippen LogP contribution >= 0.6 is 11.8 Å². The number of thioether (sulfide) groups is 1. The second kappa shape index (κ2) is 10.2. The zero-order valence-electron chi connectivity index (χ0n) is 20.0. The van der Waals surface area contributed by atoms with Crippen molar-refractivity contribution >= 4 is 29.5 Å². The standard InChI is InChI=1S/C23H33N3O6S/c1-7-25(8-2)12-13-32-22(29)18-23(3,4)33-21-17(20(28)26(18)21)24-19(27)16-14(30-5)10-9-11-15(16)31-6/h9-11,17-18,21H,7-8,12-13H2,1-6H3,(H,24,27)/t17?,18-,21+/m0/s1. The number of nitrogens with one attached hydrogen (secondary N) is 1. The number of hydrogen-bond donors (Lipinski definition) is 1. The molecule has 9 nitrogen and oxygen atoms in total. The Morgan fingerprint density at radius 3 is 2.30 bits per heavy atom. The molecule has 1 aromatic rings. The molecule has 1 N–H and O–H groups in total. The van der Waals surface area contributed by atoms with Crippen LogP contribution in [-0.4, -0.2) is 90.2 Å². The topological polar surface area (TPSA) is 97.4 Å². The lowest BCUT2D eigenvalue weighted by atomic mass is 9.95. The summed E-state index contributed by atoms with van der Waals surface area (Å²) in [6.07, 6.45) is 0. The Balaban J connectivity index is 1.69. The van der Waals surface area contributed by atoms with E-state index in [0.717, 1.165) is 13.1 Å². The van der Waals surface area contributed by atoms with Crippen molar-refractivity contribution in [1.29, 1.82) is 0 Å². The van der Waals surface area contributed by atoms with E-state index in [0.29, 0.717) is 18.0 Å². The first-order chi connectivity index (χ1) is 15.7. The predicted octanol–water partition coefficient (Wildman–Crippen LogP) is 1.75. The number of carbonyl (C=O) groups excluding carboxylic acids is 3. The van der Waals surface area contributed by atoms with Crippen molar-refractivity contribution in [3.63, 3.8) is 0 Å². The molecule has 1 unspecified atom stereocenters. The zero-order chi connectivity index (χ0) is 24.3. The third-order valence-electron chi connectivity index (χ3n) is 6.15. The van der Waals surface area contributed by atoms with Crippen molar-refractivity contribution in [3.8, 4) is 11.5 Å². The average molecular weight is 480 g/mol. The molecule has 2 heterocycles. The molecule has 0 aliphatic carbocycles. The molecule has 182 valence electrons. The summed E-state index contributed by atoms with van der Waals surface area (Å²) in [7, 11) is 2.93. The van der Waals surface area contributed by atoms with Gasteiger partial charge in [-0.3, -0.25) is 9.59 Å². The van der Waals surface area contributed by atoms with E-state index < -0.39 is 28.7 Å². The lowest BCUT2D eigenvalue weighted by Crippen LogP contribution is -2.70. The fourth-order valence-electron chi connectivity index (χ4n) is 4.31. The number of likely N-dealkylation sites (N-methyl/N-ethyl adjacent to an activating group) is 1. The van der Waals surface area contributed by atoms with E-state index in [1.54, 1.807) is 18.2 Å². The van der Waals surface area contributed by atoms with Crippen LogP contribution in [0.4, 0.5) is 0 Å². The monoisotopic (exact) mass is 479 g/mol. The summed E-state index contributed by atoms with van der Waals surface area (Å²) < 4.78 is 15.6. The molecule has 2 aliphatic rings. The van der Waals surface area contributed by atoms with Crippen molar-refractivity contribution in [1.82, 2.24) is 15.1 Å². The number of hydrogen-bond acceptors (Lipinski definition) is 8. The van der Waals surface area contributed by atoms with Crippen LogP contribution in [0.5, 0.6) is 11.5 Å². The number of benzene rings is 1. The SMILES string of the molecule is CCN(CC)CCOC(=O)[C@@H]1N2C(=O)C(NC(=O)c3c(OC)cccc3OC)[C@H]2SC1(C)C. The van der Waals surface area contributed by atoms with Gasteiger partial charge in [0.1, 0.15) is 41.1 Å². The molecule has 0 bridgehead atoms. The highest BCUT2D eigenvalue weighted by molar-refractivity contribution is 8.01. The number of nitrogens with zero attached hydrogens (tertiary/aromatic N) is 2. The van der Waals surface area contributed by atoms with E-state index in [2.05, 4.69) is 24.1 Å². The molecule has 2 aliphatic heterocycles. The van der Waals surface area contributed by atoms with Gasteiger partial charge in [-0.15, -0.1) is 11.8 Å². The lowest BCUT2D eigenvalue weighted by molar-refractivity contribution is -0.163. The first kappa shape index (κ1) is 25.2. The number of rotatable bonds is 10. The molecule has 0 spiro atoms. The van der Waals surface area contributed by atoms with Crippen LogP contribution in [0.1, 0.15) is 38.1 Å². The van der Waals surface area contributed by atoms with Gasteiger partial charge < -0.3 is 29.3 Å². The molecule has 3 rings (SSSR count). The minimum absolute atomic E-state index is 0.225. The molecule has 2 amide bonds. The van der Waals surface area contributed by atoms with Crippen molar-refractivity contribution in [2.24, 2.45) is 0 Å². The van der Waals surface area contributed by atoms with Gasteiger partial charge >= 0.3 is 5.97 Å². The van der Waals surface area contributed by atoms with Crippen LogP contribution in [0, 0.1) is 0 Å². The number of ether oxygens (including phenoxy) is 3. The zero-order valence-corrected chi connectivity index (χ0v) is 20.9. The van der Waals surface area contributed by atoms with Crippen LogP contribution in [0.2, 0.25) is 0 Å². The summed E-state index contributed by atoms with van der Waals surface area (Å²) in [6.45, 7) is 10.6. The van der Waals surface area contributed by atoms with E-state index >= 15 is 0 Å². The van der Waals surface area contributed by atoms with Gasteiger partial charge in [0.05, 0.1) is 14.2 Å². The summed E-state index contributed by atoms with van der Waals surface area (Å²) >= 11 is 1.49. The quantitative estimate of drug-likeness (QED) is 0.401. The van der Waals surface area contributed by atoms with Crippen molar-refractivity contribution in [2.75, 3.05) is 40.5 Å². The van der Waals surface area contributed by atoms with Crippen molar-refractivity contribution in [3.05, 3.63) is 23.8 Å². The molecular formula is C23H33N3O6S. The minimum Gasteiger partial charge on any atom is -0.496 e. The third-order valence-corrected chi connectivity index (χ3v) is 7.72. The van der Waals surface area contributed by atoms with Crippen molar-refractivity contribution in [2.45, 2.75) is 49.9 Å². The van der Waals surface area contributed by atoms with Gasteiger partial charge in [-0.25, -0.2) is 4.79 Å². The second-order valence-electron chi connectivity index (χ2n) is 8.44. The number of fused-ring (bicyclic) bond motifs is 1. The Labute approximate surface area is 199 Å². The predicted molar refractivity (Wildman–Crippen MR) is 126 cm³/mol. The Morgan fingerprint density at radius 2 is 1.76 bits per heavy atom. The number of methoxy groups -OCH3 is 2. The molecule has 2 fully saturated rings. The smallest absolute Gasteiger partial charge is 0.330 e. The highest BCUT2D eigenvalue weighted by atomic mass is 32.2. The number of amides is 2. The van der Waals surface area contributed by atoms with Crippen LogP contribution < -0.4 is 14.8 Å². The van der Waals surface area contributed by atoms with E-state index in [1.807, 2.05) is 13.8 Å². The molecule has 0 radical (unpaired) electrons. The maximum absolute atomic E-state index is 13.0. The molecule has 0 aromatic heterocycles. The number of carbonyl (C=O) groups is 3. The highest BCUT2D eigenvalue weighted by Crippen LogP contribution is 2.51. The third kappa shape index (κ3) is 4.77. The Morgan fingerprint density at radius 1 is 1.15 bits per heavy atom. The molecule has 2 saturated heterocycles. The van der Waals surface area contributed by atoms with E-state index in [-0.39, 0.29) is 23.5 Å². The normalized spacial score (nSPS) is 23.1. The molecule has 1 aromatic carbocycles. The summed E-state index contributed by atoms with van der Waals surface area (Å²) in [5.74, 6) is -0.474. The summed E-state index contributed by atoms with van der Waals surface area (Å²) in [4.78, 5) is 42.7.